The predicted molar refractivity (Wildman–Crippen MR) is 82.5 cm³/mol. The molecule has 0 radical (unpaired) electrons. The Labute approximate surface area is 131 Å². The smallest absolute Gasteiger partial charge is 0.255 e. The van der Waals surface area contributed by atoms with Crippen LogP contribution in [0.2, 0.25) is 0 Å². The molecule has 5 heteroatoms. The minimum absolute atomic E-state index is 0.214. The van der Waals surface area contributed by atoms with E-state index in [1.807, 2.05) is 20.8 Å². The van der Waals surface area contributed by atoms with Crippen LogP contribution in [0.25, 0.3) is 0 Å². The van der Waals surface area contributed by atoms with Gasteiger partial charge in [-0.25, -0.2) is 4.39 Å². The number of nitrogens with one attached hydrogen (secondary N) is 1. The SMILES string of the molecule is CC(C)(C)C(NC(=O)c1coc(Br)c1)c1ccc(F)cc1. The van der Waals surface area contributed by atoms with Crippen LogP contribution in [0.5, 0.6) is 0 Å². The van der Waals surface area contributed by atoms with Crippen LogP contribution in [-0.4, -0.2) is 5.91 Å². The van der Waals surface area contributed by atoms with Crippen molar-refractivity contribution in [3.8, 4) is 0 Å². The van der Waals surface area contributed by atoms with E-state index in [0.717, 1.165) is 5.56 Å². The lowest BCUT2D eigenvalue weighted by atomic mass is 9.82. The minimum atomic E-state index is -0.295. The third-order valence-electron chi connectivity index (χ3n) is 3.17. The lowest BCUT2D eigenvalue weighted by Gasteiger charge is -2.31. The first-order valence-corrected chi connectivity index (χ1v) is 7.37. The maximum absolute atomic E-state index is 13.1. The van der Waals surface area contributed by atoms with Crippen molar-refractivity contribution in [2.45, 2.75) is 26.8 Å². The summed E-state index contributed by atoms with van der Waals surface area (Å²) in [6.07, 6.45) is 1.39. The van der Waals surface area contributed by atoms with E-state index < -0.39 is 0 Å². The Morgan fingerprint density at radius 1 is 1.29 bits per heavy atom. The molecule has 2 aromatic rings. The third kappa shape index (κ3) is 3.94. The summed E-state index contributed by atoms with van der Waals surface area (Å²) < 4.78 is 18.7. The molecule has 0 aliphatic carbocycles. The Balaban J connectivity index is 2.25. The molecule has 0 aliphatic heterocycles. The molecule has 0 aliphatic rings. The summed E-state index contributed by atoms with van der Waals surface area (Å²) in [6, 6.07) is 7.55. The molecule has 1 unspecified atom stereocenters. The molecule has 0 bridgehead atoms. The molecule has 1 aromatic carbocycles. The first kappa shape index (κ1) is 15.8. The maximum atomic E-state index is 13.1. The molecule has 0 fully saturated rings. The van der Waals surface area contributed by atoms with Gasteiger partial charge in [-0.05, 0) is 39.0 Å². The van der Waals surface area contributed by atoms with E-state index in [0.29, 0.717) is 10.2 Å². The van der Waals surface area contributed by atoms with Gasteiger partial charge in [0.25, 0.3) is 5.91 Å². The van der Waals surface area contributed by atoms with Crippen LogP contribution in [-0.2, 0) is 0 Å². The van der Waals surface area contributed by atoms with Crippen LogP contribution in [0, 0.1) is 11.2 Å². The fraction of sp³-hybridized carbons (Fsp3) is 0.312. The van der Waals surface area contributed by atoms with Gasteiger partial charge in [0, 0.05) is 6.07 Å². The van der Waals surface area contributed by atoms with E-state index in [2.05, 4.69) is 21.2 Å². The number of benzene rings is 1. The van der Waals surface area contributed by atoms with Crippen molar-refractivity contribution < 1.29 is 13.6 Å². The van der Waals surface area contributed by atoms with Gasteiger partial charge >= 0.3 is 0 Å². The Bertz CT molecular complexity index is 628. The number of carbonyl (C=O) groups excluding carboxylic acids is 1. The Morgan fingerprint density at radius 2 is 1.90 bits per heavy atom. The van der Waals surface area contributed by atoms with Gasteiger partial charge in [0.1, 0.15) is 12.1 Å². The van der Waals surface area contributed by atoms with Crippen molar-refractivity contribution >= 4 is 21.8 Å². The fourth-order valence-corrected chi connectivity index (χ4v) is 2.44. The molecule has 1 aromatic heterocycles. The predicted octanol–water partition coefficient (Wildman–Crippen LogP) is 4.70. The zero-order valence-corrected chi connectivity index (χ0v) is 13.7. The number of amides is 1. The summed E-state index contributed by atoms with van der Waals surface area (Å²) in [5.41, 5.74) is 1.09. The van der Waals surface area contributed by atoms with Gasteiger partial charge in [-0.1, -0.05) is 32.9 Å². The molecule has 2 rings (SSSR count). The van der Waals surface area contributed by atoms with E-state index in [1.54, 1.807) is 18.2 Å². The summed E-state index contributed by atoms with van der Waals surface area (Å²) in [5, 5.41) is 2.98. The number of hydrogen-bond acceptors (Lipinski definition) is 2. The number of halogens is 2. The molecule has 1 atom stereocenters. The van der Waals surface area contributed by atoms with Crippen molar-refractivity contribution in [2.24, 2.45) is 5.41 Å². The first-order chi connectivity index (χ1) is 9.77. The van der Waals surface area contributed by atoms with Gasteiger partial charge in [0.15, 0.2) is 4.67 Å². The number of furan rings is 1. The van der Waals surface area contributed by atoms with Crippen molar-refractivity contribution in [1.82, 2.24) is 5.32 Å². The highest BCUT2D eigenvalue weighted by Gasteiger charge is 2.28. The number of hydrogen-bond donors (Lipinski definition) is 1. The Kier molecular flexibility index (Phi) is 4.52. The van der Waals surface area contributed by atoms with E-state index >= 15 is 0 Å². The van der Waals surface area contributed by atoms with Crippen molar-refractivity contribution in [3.63, 3.8) is 0 Å². The second-order valence-electron chi connectivity index (χ2n) is 5.96. The van der Waals surface area contributed by atoms with E-state index in [4.69, 9.17) is 4.42 Å². The highest BCUT2D eigenvalue weighted by Crippen LogP contribution is 2.33. The average molecular weight is 354 g/mol. The number of carbonyl (C=O) groups is 1. The number of rotatable bonds is 3. The van der Waals surface area contributed by atoms with Gasteiger partial charge in [-0.3, -0.25) is 4.79 Å². The van der Waals surface area contributed by atoms with Crippen LogP contribution >= 0.6 is 15.9 Å². The standard InChI is InChI=1S/C16H17BrFNO2/c1-16(2,3)14(10-4-6-12(18)7-5-10)19-15(20)11-8-13(17)21-9-11/h4-9,14H,1-3H3,(H,19,20). The molecular weight excluding hydrogens is 337 g/mol. The van der Waals surface area contributed by atoms with Gasteiger partial charge in [0.2, 0.25) is 0 Å². The zero-order chi connectivity index (χ0) is 15.6. The van der Waals surface area contributed by atoms with Crippen LogP contribution < -0.4 is 5.32 Å². The molecule has 3 nitrogen and oxygen atoms in total. The molecule has 0 saturated heterocycles. The lowest BCUT2D eigenvalue weighted by molar-refractivity contribution is 0.0901. The topological polar surface area (TPSA) is 42.2 Å². The lowest BCUT2D eigenvalue weighted by Crippen LogP contribution is -2.36. The quantitative estimate of drug-likeness (QED) is 0.868. The second-order valence-corrected chi connectivity index (χ2v) is 6.75. The highest BCUT2D eigenvalue weighted by molar-refractivity contribution is 9.10. The molecule has 112 valence electrons. The van der Waals surface area contributed by atoms with Crippen molar-refractivity contribution in [2.75, 3.05) is 0 Å². The van der Waals surface area contributed by atoms with Gasteiger partial charge in [-0.15, -0.1) is 0 Å². The molecule has 1 N–H and O–H groups in total. The van der Waals surface area contributed by atoms with Crippen LogP contribution in [0.15, 0.2) is 45.7 Å². The summed E-state index contributed by atoms with van der Waals surface area (Å²) in [4.78, 5) is 12.3. The molecule has 21 heavy (non-hydrogen) atoms. The summed E-state index contributed by atoms with van der Waals surface area (Å²) in [7, 11) is 0. The Morgan fingerprint density at radius 3 is 2.38 bits per heavy atom. The maximum Gasteiger partial charge on any atom is 0.255 e. The average Bonchev–Trinajstić information content (AvgIpc) is 2.82. The molecular formula is C16H17BrFNO2. The highest BCUT2D eigenvalue weighted by atomic mass is 79.9. The van der Waals surface area contributed by atoms with E-state index in [9.17, 15) is 9.18 Å². The van der Waals surface area contributed by atoms with Crippen LogP contribution in [0.4, 0.5) is 4.39 Å². The van der Waals surface area contributed by atoms with Gasteiger partial charge in [0.05, 0.1) is 11.6 Å². The fourth-order valence-electron chi connectivity index (χ4n) is 2.10. The monoisotopic (exact) mass is 353 g/mol. The van der Waals surface area contributed by atoms with Gasteiger partial charge < -0.3 is 9.73 Å². The molecule has 0 spiro atoms. The third-order valence-corrected chi connectivity index (χ3v) is 3.59. The minimum Gasteiger partial charge on any atom is -0.457 e. The van der Waals surface area contributed by atoms with E-state index in [-0.39, 0.29) is 23.2 Å². The molecule has 1 amide bonds. The van der Waals surface area contributed by atoms with Gasteiger partial charge in [-0.2, -0.15) is 0 Å². The molecule has 1 heterocycles. The zero-order valence-electron chi connectivity index (χ0n) is 12.1. The normalized spacial score (nSPS) is 13.0. The largest absolute Gasteiger partial charge is 0.457 e. The van der Waals surface area contributed by atoms with Crippen LogP contribution in [0.1, 0.15) is 42.7 Å². The van der Waals surface area contributed by atoms with Crippen molar-refractivity contribution in [3.05, 3.63) is 58.2 Å². The summed E-state index contributed by atoms with van der Waals surface area (Å²) in [5.74, 6) is -0.523. The summed E-state index contributed by atoms with van der Waals surface area (Å²) in [6.45, 7) is 6.06. The first-order valence-electron chi connectivity index (χ1n) is 6.58. The van der Waals surface area contributed by atoms with Crippen LogP contribution in [0.3, 0.4) is 0 Å². The Hall–Kier alpha value is -1.62. The summed E-state index contributed by atoms with van der Waals surface area (Å²) >= 11 is 3.17. The second kappa shape index (κ2) is 6.02. The van der Waals surface area contributed by atoms with Crippen molar-refractivity contribution in [1.29, 1.82) is 0 Å². The van der Waals surface area contributed by atoms with E-state index in [1.165, 1.54) is 18.4 Å². The molecule has 0 saturated carbocycles.